The Labute approximate surface area is 142 Å². The first kappa shape index (κ1) is 14.9. The molecule has 4 nitrogen and oxygen atoms in total. The van der Waals surface area contributed by atoms with Crippen LogP contribution in [0.5, 0.6) is 0 Å². The van der Waals surface area contributed by atoms with Crippen molar-refractivity contribution in [2.75, 3.05) is 18.4 Å². The molecule has 1 saturated heterocycles. The van der Waals surface area contributed by atoms with Crippen molar-refractivity contribution in [2.24, 2.45) is 0 Å². The number of nitrogens with zero attached hydrogens (tertiary/aromatic N) is 2. The Morgan fingerprint density at radius 3 is 2.33 bits per heavy atom. The first-order valence-electron chi connectivity index (χ1n) is 8.56. The smallest absolute Gasteiger partial charge is 0.0926 e. The second-order valence-corrected chi connectivity index (χ2v) is 6.54. The minimum absolute atomic E-state index is 0.355. The second-order valence-electron chi connectivity index (χ2n) is 6.54. The van der Waals surface area contributed by atoms with E-state index in [2.05, 4.69) is 46.6 Å². The summed E-state index contributed by atoms with van der Waals surface area (Å²) in [6.07, 6.45) is 2.25. The van der Waals surface area contributed by atoms with Crippen LogP contribution in [0.15, 0.2) is 48.5 Å². The van der Waals surface area contributed by atoms with Crippen LogP contribution in [0.3, 0.4) is 0 Å². The summed E-state index contributed by atoms with van der Waals surface area (Å²) in [5.41, 5.74) is 3.22. The van der Waals surface area contributed by atoms with E-state index in [1.54, 1.807) is 0 Å². The number of rotatable bonds is 2. The van der Waals surface area contributed by atoms with E-state index in [9.17, 15) is 0 Å². The molecular formula is C20H22N4. The number of aromatic nitrogens is 1. The van der Waals surface area contributed by atoms with Crippen molar-refractivity contribution < 1.29 is 0 Å². The van der Waals surface area contributed by atoms with Crippen LogP contribution in [0.2, 0.25) is 0 Å². The Kier molecular flexibility index (Phi) is 3.81. The maximum absolute atomic E-state index is 7.91. The highest BCUT2D eigenvalue weighted by Gasteiger charge is 2.21. The lowest BCUT2D eigenvalue weighted by Crippen LogP contribution is -2.44. The number of para-hydroxylation sites is 2. The maximum atomic E-state index is 7.91. The van der Waals surface area contributed by atoms with Crippen LogP contribution in [0.1, 0.15) is 19.8 Å². The van der Waals surface area contributed by atoms with Crippen LogP contribution >= 0.6 is 0 Å². The number of likely N-dealkylation sites (tertiary alicyclic amines) is 1. The van der Waals surface area contributed by atoms with Gasteiger partial charge >= 0.3 is 0 Å². The van der Waals surface area contributed by atoms with Gasteiger partial charge in [0.05, 0.1) is 22.6 Å². The molecule has 0 spiro atoms. The Bertz CT molecular complexity index is 848. The fourth-order valence-electron chi connectivity index (χ4n) is 3.60. The summed E-state index contributed by atoms with van der Waals surface area (Å²) in [7, 11) is 0. The van der Waals surface area contributed by atoms with Gasteiger partial charge in [-0.15, -0.1) is 0 Å². The van der Waals surface area contributed by atoms with Gasteiger partial charge in [-0.05, 0) is 31.9 Å². The number of amidine groups is 1. The second kappa shape index (κ2) is 6.11. The lowest BCUT2D eigenvalue weighted by Gasteiger charge is -2.34. The largest absolute Gasteiger partial charge is 0.379 e. The average molecular weight is 318 g/mol. The number of piperidine rings is 1. The van der Waals surface area contributed by atoms with Gasteiger partial charge < -0.3 is 10.2 Å². The topological polar surface area (TPSA) is 52.0 Å². The molecule has 122 valence electrons. The Morgan fingerprint density at radius 1 is 1.08 bits per heavy atom. The fraction of sp³-hybridized carbons (Fsp3) is 0.300. The molecule has 2 heterocycles. The molecule has 0 bridgehead atoms. The van der Waals surface area contributed by atoms with E-state index >= 15 is 0 Å². The van der Waals surface area contributed by atoms with Gasteiger partial charge in [-0.25, -0.2) is 4.98 Å². The minimum Gasteiger partial charge on any atom is -0.379 e. The van der Waals surface area contributed by atoms with Crippen LogP contribution in [0.25, 0.3) is 21.8 Å². The van der Waals surface area contributed by atoms with Crippen LogP contribution in [0, 0.1) is 5.41 Å². The Hall–Kier alpha value is -2.62. The summed E-state index contributed by atoms with van der Waals surface area (Å²) < 4.78 is 0. The Morgan fingerprint density at radius 2 is 1.71 bits per heavy atom. The monoisotopic (exact) mass is 318 g/mol. The predicted octanol–water partition coefficient (Wildman–Crippen LogP) is 4.26. The molecule has 1 aliphatic rings. The van der Waals surface area contributed by atoms with Crippen molar-refractivity contribution in [3.8, 4) is 0 Å². The van der Waals surface area contributed by atoms with Crippen molar-refractivity contribution in [2.45, 2.75) is 25.8 Å². The van der Waals surface area contributed by atoms with E-state index in [-0.39, 0.29) is 0 Å². The third-order valence-corrected chi connectivity index (χ3v) is 4.83. The quantitative estimate of drug-likeness (QED) is 0.422. The van der Waals surface area contributed by atoms with E-state index in [4.69, 9.17) is 10.4 Å². The maximum Gasteiger partial charge on any atom is 0.0926 e. The SMILES string of the molecule is CC(=N)N1CCC[C@@H](Nc2c3ccccc3nc3ccccc23)C1. The molecule has 3 aromatic rings. The molecule has 1 aromatic heterocycles. The summed E-state index contributed by atoms with van der Waals surface area (Å²) in [6, 6.07) is 17.0. The molecule has 0 aliphatic carbocycles. The van der Waals surface area contributed by atoms with E-state index in [0.29, 0.717) is 11.9 Å². The van der Waals surface area contributed by atoms with E-state index < -0.39 is 0 Å². The van der Waals surface area contributed by atoms with Gasteiger partial charge in [0.2, 0.25) is 0 Å². The Balaban J connectivity index is 1.78. The summed E-state index contributed by atoms with van der Waals surface area (Å²) in [6.45, 7) is 3.76. The van der Waals surface area contributed by atoms with Crippen LogP contribution in [0.4, 0.5) is 5.69 Å². The zero-order valence-corrected chi connectivity index (χ0v) is 13.9. The van der Waals surface area contributed by atoms with Gasteiger partial charge in [0.1, 0.15) is 0 Å². The van der Waals surface area contributed by atoms with Gasteiger partial charge in [0.15, 0.2) is 0 Å². The summed E-state index contributed by atoms with van der Waals surface area (Å²) in [5.74, 6) is 0.658. The van der Waals surface area contributed by atoms with Crippen molar-refractivity contribution in [1.82, 2.24) is 9.88 Å². The third kappa shape index (κ3) is 2.68. The molecule has 4 rings (SSSR count). The van der Waals surface area contributed by atoms with Gasteiger partial charge in [-0.3, -0.25) is 5.41 Å². The van der Waals surface area contributed by atoms with E-state index in [1.165, 1.54) is 16.5 Å². The number of benzene rings is 2. The normalized spacial score (nSPS) is 18.0. The first-order valence-corrected chi connectivity index (χ1v) is 8.56. The van der Waals surface area contributed by atoms with Crippen molar-refractivity contribution in [3.63, 3.8) is 0 Å². The predicted molar refractivity (Wildman–Crippen MR) is 101 cm³/mol. The average Bonchev–Trinajstić information content (AvgIpc) is 2.62. The number of pyridine rings is 1. The van der Waals surface area contributed by atoms with Crippen molar-refractivity contribution >= 4 is 33.3 Å². The van der Waals surface area contributed by atoms with E-state index in [1.807, 2.05) is 19.1 Å². The standard InChI is InChI=1S/C20H22N4/c1-14(21)24-12-6-7-15(13-24)22-20-16-8-2-4-10-18(16)23-19-11-5-3-9-17(19)20/h2-5,8-11,15,21H,6-7,12-13H2,1H3,(H,22,23)/t15-/m1/s1. The van der Waals surface area contributed by atoms with E-state index in [0.717, 1.165) is 37.0 Å². The molecule has 1 atom stereocenters. The highest BCUT2D eigenvalue weighted by atomic mass is 15.2. The molecule has 0 amide bonds. The molecular weight excluding hydrogens is 296 g/mol. The molecule has 2 N–H and O–H groups in total. The minimum atomic E-state index is 0.355. The van der Waals surface area contributed by atoms with Crippen molar-refractivity contribution in [3.05, 3.63) is 48.5 Å². The molecule has 0 saturated carbocycles. The lowest BCUT2D eigenvalue weighted by atomic mass is 10.0. The number of nitrogens with one attached hydrogen (secondary N) is 2. The number of anilines is 1. The molecule has 0 radical (unpaired) electrons. The number of hydrogen-bond donors (Lipinski definition) is 2. The van der Waals surface area contributed by atoms with Gasteiger partial charge in [0, 0.05) is 29.9 Å². The fourth-order valence-corrected chi connectivity index (χ4v) is 3.60. The molecule has 1 fully saturated rings. The zero-order chi connectivity index (χ0) is 16.5. The number of hydrogen-bond acceptors (Lipinski definition) is 3. The van der Waals surface area contributed by atoms with Gasteiger partial charge in [-0.1, -0.05) is 36.4 Å². The van der Waals surface area contributed by atoms with Crippen LogP contribution in [-0.2, 0) is 0 Å². The van der Waals surface area contributed by atoms with Crippen LogP contribution < -0.4 is 5.32 Å². The molecule has 2 aromatic carbocycles. The third-order valence-electron chi connectivity index (χ3n) is 4.83. The van der Waals surface area contributed by atoms with Crippen LogP contribution in [-0.4, -0.2) is 34.9 Å². The molecule has 4 heteroatoms. The highest BCUT2D eigenvalue weighted by Crippen LogP contribution is 2.32. The van der Waals surface area contributed by atoms with Gasteiger partial charge in [0.25, 0.3) is 0 Å². The van der Waals surface area contributed by atoms with Crippen molar-refractivity contribution in [1.29, 1.82) is 5.41 Å². The number of fused-ring (bicyclic) bond motifs is 2. The lowest BCUT2D eigenvalue weighted by molar-refractivity contribution is 0.318. The highest BCUT2D eigenvalue weighted by molar-refractivity contribution is 6.07. The first-order chi connectivity index (χ1) is 11.7. The summed E-state index contributed by atoms with van der Waals surface area (Å²) in [5, 5.41) is 14.0. The molecule has 24 heavy (non-hydrogen) atoms. The summed E-state index contributed by atoms with van der Waals surface area (Å²) >= 11 is 0. The molecule has 0 unspecified atom stereocenters. The zero-order valence-electron chi connectivity index (χ0n) is 13.9. The molecule has 1 aliphatic heterocycles. The summed E-state index contributed by atoms with van der Waals surface area (Å²) in [4.78, 5) is 6.95. The van der Waals surface area contributed by atoms with Gasteiger partial charge in [-0.2, -0.15) is 0 Å².